The van der Waals surface area contributed by atoms with Gasteiger partial charge in [0.05, 0.1) is 6.61 Å². The molecule has 29 heavy (non-hydrogen) atoms. The predicted octanol–water partition coefficient (Wildman–Crippen LogP) is 5.82. The molecule has 2 aromatic carbocycles. The third kappa shape index (κ3) is 4.64. The summed E-state index contributed by atoms with van der Waals surface area (Å²) in [6.45, 7) is 0.759. The maximum atomic E-state index is 11.0. The number of carboxylic acids is 1. The smallest absolute Gasteiger partial charge is 0.303 e. The molecule has 1 aliphatic rings. The molecule has 0 aliphatic heterocycles. The predicted molar refractivity (Wildman–Crippen MR) is 116 cm³/mol. The van der Waals surface area contributed by atoms with Crippen molar-refractivity contribution < 1.29 is 14.6 Å². The third-order valence-electron chi connectivity index (χ3n) is 6.07. The zero-order chi connectivity index (χ0) is 20.2. The van der Waals surface area contributed by atoms with Gasteiger partial charge in [-0.05, 0) is 66.6 Å². The van der Waals surface area contributed by atoms with Crippen molar-refractivity contribution in [2.75, 3.05) is 6.61 Å². The Morgan fingerprint density at radius 3 is 2.72 bits per heavy atom. The van der Waals surface area contributed by atoms with Crippen LogP contribution in [0.1, 0.15) is 44.1 Å². The van der Waals surface area contributed by atoms with Crippen molar-refractivity contribution in [3.63, 3.8) is 0 Å². The van der Waals surface area contributed by atoms with E-state index < -0.39 is 5.97 Å². The van der Waals surface area contributed by atoms with E-state index in [1.54, 1.807) is 0 Å². The van der Waals surface area contributed by atoms with Crippen LogP contribution in [0.4, 0.5) is 0 Å². The van der Waals surface area contributed by atoms with Gasteiger partial charge in [0.25, 0.3) is 0 Å². The average molecular weight is 392 g/mol. The number of benzene rings is 2. The van der Waals surface area contributed by atoms with E-state index in [4.69, 9.17) is 9.84 Å². The molecule has 1 saturated carbocycles. The van der Waals surface area contributed by atoms with E-state index in [-0.39, 0.29) is 6.42 Å². The number of ether oxygens (including phenoxy) is 1. The lowest BCUT2D eigenvalue weighted by atomic mass is 9.90. The van der Waals surface area contributed by atoms with Crippen LogP contribution in [0.5, 0.6) is 5.75 Å². The van der Waals surface area contributed by atoms with Gasteiger partial charge in [-0.2, -0.15) is 0 Å². The molecular formula is C25H29NO3. The Morgan fingerprint density at radius 1 is 1.10 bits per heavy atom. The Hall–Kier alpha value is -2.75. The first-order chi connectivity index (χ1) is 14.1. The third-order valence-corrected chi connectivity index (χ3v) is 6.07. The molecule has 1 aliphatic carbocycles. The molecule has 0 saturated heterocycles. The maximum Gasteiger partial charge on any atom is 0.303 e. The molecule has 0 amide bonds. The summed E-state index contributed by atoms with van der Waals surface area (Å²) >= 11 is 0. The maximum absolute atomic E-state index is 11.0. The fourth-order valence-corrected chi connectivity index (χ4v) is 4.35. The summed E-state index contributed by atoms with van der Waals surface area (Å²) in [5.41, 5.74) is 4.38. The molecule has 4 nitrogen and oxygen atoms in total. The van der Waals surface area contributed by atoms with Gasteiger partial charge in [-0.15, -0.1) is 0 Å². The number of rotatable bonds is 7. The number of hydrogen-bond acceptors (Lipinski definition) is 2. The number of nitrogens with zero attached hydrogens (tertiary/aromatic N) is 1. The monoisotopic (exact) mass is 391 g/mol. The summed E-state index contributed by atoms with van der Waals surface area (Å²) < 4.78 is 8.42. The highest BCUT2D eigenvalue weighted by atomic mass is 16.5. The van der Waals surface area contributed by atoms with Crippen LogP contribution in [-0.4, -0.2) is 22.2 Å². The van der Waals surface area contributed by atoms with Crippen LogP contribution in [-0.2, 0) is 18.3 Å². The first-order valence-electron chi connectivity index (χ1n) is 10.6. The minimum Gasteiger partial charge on any atom is -0.493 e. The Kier molecular flexibility index (Phi) is 5.89. The summed E-state index contributed by atoms with van der Waals surface area (Å²) in [4.78, 5) is 11.0. The van der Waals surface area contributed by atoms with Crippen LogP contribution in [0.25, 0.3) is 22.0 Å². The minimum absolute atomic E-state index is 0.138. The van der Waals surface area contributed by atoms with E-state index in [1.807, 2.05) is 19.2 Å². The number of aromatic nitrogens is 1. The molecule has 4 rings (SSSR count). The molecule has 0 bridgehead atoms. The van der Waals surface area contributed by atoms with Gasteiger partial charge < -0.3 is 14.4 Å². The SMILES string of the molecule is Cn1ccc2cc(-c3cc(CCC(=O)O)ccc3OCC3CCCCC3)ccc21. The largest absolute Gasteiger partial charge is 0.493 e. The lowest BCUT2D eigenvalue weighted by Crippen LogP contribution is -2.15. The van der Waals surface area contributed by atoms with E-state index in [9.17, 15) is 4.79 Å². The van der Waals surface area contributed by atoms with Gasteiger partial charge in [-0.3, -0.25) is 4.79 Å². The number of hydrogen-bond donors (Lipinski definition) is 1. The molecule has 0 spiro atoms. The topological polar surface area (TPSA) is 51.5 Å². The van der Waals surface area contributed by atoms with Crippen molar-refractivity contribution in [3.8, 4) is 16.9 Å². The molecule has 0 unspecified atom stereocenters. The Balaban J connectivity index is 1.64. The molecule has 1 heterocycles. The summed E-state index contributed by atoms with van der Waals surface area (Å²) in [5.74, 6) is 0.764. The summed E-state index contributed by atoms with van der Waals surface area (Å²) in [5, 5.41) is 10.2. The van der Waals surface area contributed by atoms with E-state index >= 15 is 0 Å². The molecular weight excluding hydrogens is 362 g/mol. The molecule has 3 aromatic rings. The molecule has 1 aromatic heterocycles. The van der Waals surface area contributed by atoms with Crippen molar-refractivity contribution >= 4 is 16.9 Å². The summed E-state index contributed by atoms with van der Waals surface area (Å²) in [6.07, 6.45) is 9.19. The fraction of sp³-hybridized carbons (Fsp3) is 0.400. The van der Waals surface area contributed by atoms with E-state index in [1.165, 1.54) is 43.0 Å². The number of carboxylic acid groups (broad SMARTS) is 1. The van der Waals surface area contributed by atoms with Gasteiger partial charge in [0.2, 0.25) is 0 Å². The lowest BCUT2D eigenvalue weighted by Gasteiger charge is -2.23. The summed E-state index contributed by atoms with van der Waals surface area (Å²) in [7, 11) is 2.05. The van der Waals surface area contributed by atoms with Crippen LogP contribution in [0.3, 0.4) is 0 Å². The van der Waals surface area contributed by atoms with Crippen LogP contribution < -0.4 is 4.74 Å². The number of aryl methyl sites for hydroxylation is 2. The van der Waals surface area contributed by atoms with E-state index in [0.29, 0.717) is 12.3 Å². The van der Waals surface area contributed by atoms with Crippen molar-refractivity contribution in [1.82, 2.24) is 4.57 Å². The number of carbonyl (C=O) groups is 1. The van der Waals surface area contributed by atoms with Crippen molar-refractivity contribution in [2.24, 2.45) is 13.0 Å². The van der Waals surface area contributed by atoms with Gasteiger partial charge >= 0.3 is 5.97 Å². The molecule has 0 radical (unpaired) electrons. The fourth-order valence-electron chi connectivity index (χ4n) is 4.35. The minimum atomic E-state index is -0.769. The Labute approximate surface area is 172 Å². The van der Waals surface area contributed by atoms with Crippen molar-refractivity contribution in [3.05, 3.63) is 54.2 Å². The van der Waals surface area contributed by atoms with Gasteiger partial charge in [-0.25, -0.2) is 0 Å². The second-order valence-electron chi connectivity index (χ2n) is 8.24. The Morgan fingerprint density at radius 2 is 1.93 bits per heavy atom. The van der Waals surface area contributed by atoms with Crippen molar-refractivity contribution in [1.29, 1.82) is 0 Å². The van der Waals surface area contributed by atoms with Crippen LogP contribution >= 0.6 is 0 Å². The van der Waals surface area contributed by atoms with E-state index in [2.05, 4.69) is 41.1 Å². The normalized spacial score (nSPS) is 14.9. The Bertz CT molecular complexity index is 998. The second-order valence-corrected chi connectivity index (χ2v) is 8.24. The van der Waals surface area contributed by atoms with Gasteiger partial charge in [0, 0.05) is 36.1 Å². The first kappa shape index (κ1) is 19.6. The zero-order valence-corrected chi connectivity index (χ0v) is 17.1. The number of aliphatic carboxylic acids is 1. The molecule has 152 valence electrons. The molecule has 1 N–H and O–H groups in total. The highest BCUT2D eigenvalue weighted by molar-refractivity contribution is 5.87. The summed E-state index contributed by atoms with van der Waals surface area (Å²) in [6, 6.07) is 14.7. The molecule has 4 heteroatoms. The van der Waals surface area contributed by atoms with Crippen molar-refractivity contribution in [2.45, 2.75) is 44.9 Å². The quantitative estimate of drug-likeness (QED) is 0.552. The first-order valence-corrected chi connectivity index (χ1v) is 10.6. The van der Waals surface area contributed by atoms with Gasteiger partial charge in [-0.1, -0.05) is 31.4 Å². The second kappa shape index (κ2) is 8.73. The van der Waals surface area contributed by atoms with E-state index in [0.717, 1.165) is 29.0 Å². The van der Waals surface area contributed by atoms with Gasteiger partial charge in [0.15, 0.2) is 0 Å². The van der Waals surface area contributed by atoms with Crippen LogP contribution in [0.15, 0.2) is 48.7 Å². The standard InChI is InChI=1S/C25H29NO3/c1-26-14-13-21-16-20(9-10-23(21)26)22-15-18(8-12-25(27)28)7-11-24(22)29-17-19-5-3-2-4-6-19/h7,9-11,13-16,19H,2-6,8,12,17H2,1H3,(H,27,28). The highest BCUT2D eigenvalue weighted by Gasteiger charge is 2.16. The number of fused-ring (bicyclic) bond motifs is 1. The lowest BCUT2D eigenvalue weighted by molar-refractivity contribution is -0.136. The average Bonchev–Trinajstić information content (AvgIpc) is 3.12. The zero-order valence-electron chi connectivity index (χ0n) is 17.1. The highest BCUT2D eigenvalue weighted by Crippen LogP contribution is 2.35. The van der Waals surface area contributed by atoms with Crippen LogP contribution in [0, 0.1) is 5.92 Å². The molecule has 1 fully saturated rings. The molecule has 0 atom stereocenters. The van der Waals surface area contributed by atoms with Gasteiger partial charge in [0.1, 0.15) is 5.75 Å². The van der Waals surface area contributed by atoms with Crippen LogP contribution in [0.2, 0.25) is 0 Å².